The molecule has 2 rings (SSSR count). The van der Waals surface area contributed by atoms with Gasteiger partial charge in [-0.05, 0) is 25.0 Å². The molecule has 0 aliphatic carbocycles. The molecule has 20 heavy (non-hydrogen) atoms. The lowest BCUT2D eigenvalue weighted by molar-refractivity contribution is 0.0602. The van der Waals surface area contributed by atoms with Gasteiger partial charge in [0.05, 0.1) is 18.4 Å². The molecule has 1 fully saturated rings. The van der Waals surface area contributed by atoms with E-state index in [4.69, 9.17) is 5.73 Å². The Labute approximate surface area is 118 Å². The first-order chi connectivity index (χ1) is 9.63. The number of anilines is 2. The van der Waals surface area contributed by atoms with Gasteiger partial charge in [0, 0.05) is 18.8 Å². The van der Waals surface area contributed by atoms with Crippen LogP contribution in [0.25, 0.3) is 0 Å². The zero-order valence-electron chi connectivity index (χ0n) is 11.8. The van der Waals surface area contributed by atoms with Gasteiger partial charge in [-0.3, -0.25) is 0 Å². The van der Waals surface area contributed by atoms with Crippen molar-refractivity contribution in [3.8, 4) is 0 Å². The smallest absolute Gasteiger partial charge is 0.340 e. The molecule has 1 saturated heterocycles. The van der Waals surface area contributed by atoms with Gasteiger partial charge >= 0.3 is 5.97 Å². The first-order valence-electron chi connectivity index (χ1n) is 7.05. The van der Waals surface area contributed by atoms with Gasteiger partial charge in [0.15, 0.2) is 0 Å². The molecule has 1 aromatic rings. The van der Waals surface area contributed by atoms with Crippen LogP contribution in [0, 0.1) is 5.82 Å². The summed E-state index contributed by atoms with van der Waals surface area (Å²) in [6, 6.07) is 2.72. The fourth-order valence-corrected chi connectivity index (χ4v) is 2.59. The summed E-state index contributed by atoms with van der Waals surface area (Å²) in [6.07, 6.45) is 5.65. The van der Waals surface area contributed by atoms with Gasteiger partial charge < -0.3 is 15.4 Å². The third-order valence-corrected chi connectivity index (χ3v) is 3.72. The van der Waals surface area contributed by atoms with Crippen molar-refractivity contribution < 1.29 is 13.9 Å². The minimum atomic E-state index is -0.532. The number of ether oxygens (including phenoxy) is 1. The van der Waals surface area contributed by atoms with Gasteiger partial charge in [-0.15, -0.1) is 0 Å². The molecule has 0 atom stereocenters. The topological polar surface area (TPSA) is 55.6 Å². The summed E-state index contributed by atoms with van der Waals surface area (Å²) < 4.78 is 18.8. The van der Waals surface area contributed by atoms with Crippen molar-refractivity contribution in [2.45, 2.75) is 32.1 Å². The average molecular weight is 280 g/mol. The number of carbonyl (C=O) groups is 1. The van der Waals surface area contributed by atoms with Gasteiger partial charge in [0.1, 0.15) is 5.82 Å². The number of methoxy groups -OCH3 is 1. The number of esters is 1. The highest BCUT2D eigenvalue weighted by molar-refractivity contribution is 5.96. The van der Waals surface area contributed by atoms with Crippen molar-refractivity contribution in [2.24, 2.45) is 0 Å². The molecular weight excluding hydrogens is 259 g/mol. The minimum Gasteiger partial charge on any atom is -0.465 e. The highest BCUT2D eigenvalue weighted by Crippen LogP contribution is 2.27. The summed E-state index contributed by atoms with van der Waals surface area (Å²) in [5.41, 5.74) is 6.48. The van der Waals surface area contributed by atoms with E-state index in [0.29, 0.717) is 5.69 Å². The molecular formula is C15H21FN2O2. The van der Waals surface area contributed by atoms with Gasteiger partial charge in [0.25, 0.3) is 0 Å². The minimum absolute atomic E-state index is 0.116. The summed E-state index contributed by atoms with van der Waals surface area (Å²) in [5.74, 6) is -0.911. The molecule has 0 amide bonds. The van der Waals surface area contributed by atoms with Crippen molar-refractivity contribution in [2.75, 3.05) is 30.8 Å². The molecule has 0 unspecified atom stereocenters. The van der Waals surface area contributed by atoms with Crippen LogP contribution >= 0.6 is 0 Å². The Balaban J connectivity index is 2.31. The second kappa shape index (κ2) is 6.59. The lowest BCUT2D eigenvalue weighted by atomic mass is 10.1. The first kappa shape index (κ1) is 14.6. The van der Waals surface area contributed by atoms with Crippen LogP contribution in [0.15, 0.2) is 12.1 Å². The fourth-order valence-electron chi connectivity index (χ4n) is 2.59. The molecule has 1 aliphatic heterocycles. The van der Waals surface area contributed by atoms with Crippen LogP contribution in [0.3, 0.4) is 0 Å². The van der Waals surface area contributed by atoms with Gasteiger partial charge in [-0.25, -0.2) is 9.18 Å². The molecule has 0 bridgehead atoms. The second-order valence-corrected chi connectivity index (χ2v) is 5.14. The SMILES string of the molecule is COC(=O)c1cc(N2CCCCCCC2)c(F)cc1N. The Bertz CT molecular complexity index is 483. The van der Waals surface area contributed by atoms with Crippen molar-refractivity contribution in [3.63, 3.8) is 0 Å². The first-order valence-corrected chi connectivity index (χ1v) is 7.05. The number of nitrogens with two attached hydrogens (primary N) is 1. The van der Waals surface area contributed by atoms with E-state index in [0.717, 1.165) is 38.8 Å². The number of nitrogen functional groups attached to an aromatic ring is 1. The number of benzene rings is 1. The Hall–Kier alpha value is -1.78. The third kappa shape index (κ3) is 3.21. The number of hydrogen-bond donors (Lipinski definition) is 1. The van der Waals surface area contributed by atoms with Gasteiger partial charge in [-0.2, -0.15) is 0 Å². The van der Waals surface area contributed by atoms with E-state index in [2.05, 4.69) is 4.74 Å². The Kier molecular flexibility index (Phi) is 4.82. The largest absolute Gasteiger partial charge is 0.465 e. The normalized spacial score (nSPS) is 16.4. The number of hydrogen-bond acceptors (Lipinski definition) is 4. The van der Waals surface area contributed by atoms with Crippen LogP contribution < -0.4 is 10.6 Å². The summed E-state index contributed by atoms with van der Waals surface area (Å²) in [7, 11) is 1.29. The van der Waals surface area contributed by atoms with Crippen LogP contribution in [0.4, 0.5) is 15.8 Å². The average Bonchev–Trinajstić information content (AvgIpc) is 2.39. The highest BCUT2D eigenvalue weighted by Gasteiger charge is 2.19. The standard InChI is InChI=1S/C15H21FN2O2/c1-20-15(19)11-9-14(12(16)10-13(11)17)18-7-5-3-2-4-6-8-18/h9-10H,2-8,17H2,1H3. The fraction of sp³-hybridized carbons (Fsp3) is 0.533. The van der Waals surface area contributed by atoms with E-state index in [9.17, 15) is 9.18 Å². The maximum Gasteiger partial charge on any atom is 0.340 e. The van der Waals surface area contributed by atoms with Crippen molar-refractivity contribution in [1.82, 2.24) is 0 Å². The molecule has 0 saturated carbocycles. The molecule has 0 radical (unpaired) electrons. The van der Waals surface area contributed by atoms with E-state index in [1.54, 1.807) is 0 Å². The van der Waals surface area contributed by atoms with Gasteiger partial charge in [-0.1, -0.05) is 19.3 Å². The van der Waals surface area contributed by atoms with E-state index in [-0.39, 0.29) is 17.1 Å². The molecule has 0 aromatic heterocycles. The van der Waals surface area contributed by atoms with Crippen molar-refractivity contribution in [1.29, 1.82) is 0 Å². The lowest BCUT2D eigenvalue weighted by Crippen LogP contribution is -2.28. The van der Waals surface area contributed by atoms with Gasteiger partial charge in [0.2, 0.25) is 0 Å². The van der Waals surface area contributed by atoms with E-state index in [1.807, 2.05) is 4.90 Å². The van der Waals surface area contributed by atoms with Crippen LogP contribution in [0.5, 0.6) is 0 Å². The second-order valence-electron chi connectivity index (χ2n) is 5.14. The number of rotatable bonds is 2. The molecule has 5 heteroatoms. The predicted molar refractivity (Wildman–Crippen MR) is 77.4 cm³/mol. The van der Waals surface area contributed by atoms with Crippen LogP contribution in [0.1, 0.15) is 42.5 Å². The maximum atomic E-state index is 14.1. The molecule has 1 aromatic carbocycles. The van der Waals surface area contributed by atoms with E-state index in [1.165, 1.54) is 25.7 Å². The third-order valence-electron chi connectivity index (χ3n) is 3.72. The van der Waals surface area contributed by atoms with Crippen LogP contribution in [-0.2, 0) is 4.74 Å². The molecule has 110 valence electrons. The van der Waals surface area contributed by atoms with Crippen molar-refractivity contribution >= 4 is 17.3 Å². The molecule has 1 aliphatic rings. The summed E-state index contributed by atoms with van der Waals surface area (Å²) in [4.78, 5) is 13.7. The number of halogens is 1. The highest BCUT2D eigenvalue weighted by atomic mass is 19.1. The molecule has 1 heterocycles. The molecule has 0 spiro atoms. The maximum absolute atomic E-state index is 14.1. The Morgan fingerprint density at radius 2 is 1.80 bits per heavy atom. The monoisotopic (exact) mass is 280 g/mol. The number of nitrogens with zero attached hydrogens (tertiary/aromatic N) is 1. The zero-order chi connectivity index (χ0) is 14.5. The Morgan fingerprint density at radius 1 is 1.20 bits per heavy atom. The van der Waals surface area contributed by atoms with E-state index >= 15 is 0 Å². The zero-order valence-corrected chi connectivity index (χ0v) is 11.8. The number of carbonyl (C=O) groups excluding carboxylic acids is 1. The lowest BCUT2D eigenvalue weighted by Gasteiger charge is -2.27. The summed E-state index contributed by atoms with van der Waals surface area (Å²) in [6.45, 7) is 1.61. The molecule has 4 nitrogen and oxygen atoms in total. The summed E-state index contributed by atoms with van der Waals surface area (Å²) >= 11 is 0. The van der Waals surface area contributed by atoms with Crippen LogP contribution in [0.2, 0.25) is 0 Å². The van der Waals surface area contributed by atoms with E-state index < -0.39 is 5.97 Å². The van der Waals surface area contributed by atoms with Crippen molar-refractivity contribution in [3.05, 3.63) is 23.5 Å². The van der Waals surface area contributed by atoms with Crippen LogP contribution in [-0.4, -0.2) is 26.2 Å². The summed E-state index contributed by atoms with van der Waals surface area (Å²) in [5, 5.41) is 0. The predicted octanol–water partition coefficient (Wildman–Crippen LogP) is 2.97. The quantitative estimate of drug-likeness (QED) is 0.668. The molecule has 2 N–H and O–H groups in total. The Morgan fingerprint density at radius 3 is 2.40 bits per heavy atom.